The van der Waals surface area contributed by atoms with Crippen LogP contribution >= 0.6 is 0 Å². The molecule has 1 fully saturated rings. The fraction of sp³-hybridized carbons (Fsp3) is 0.208. The highest BCUT2D eigenvalue weighted by molar-refractivity contribution is 5.61. The van der Waals surface area contributed by atoms with Crippen molar-refractivity contribution in [2.75, 3.05) is 38.3 Å². The van der Waals surface area contributed by atoms with Crippen molar-refractivity contribution < 1.29 is 9.47 Å². The summed E-state index contributed by atoms with van der Waals surface area (Å²) in [5.41, 5.74) is 3.43. The number of benzene rings is 2. The quantitative estimate of drug-likeness (QED) is 0.486. The smallest absolute Gasteiger partial charge is 0.209 e. The van der Waals surface area contributed by atoms with Gasteiger partial charge in [0.1, 0.15) is 11.4 Å². The van der Waals surface area contributed by atoms with E-state index >= 15 is 0 Å². The Morgan fingerprint density at radius 1 is 0.969 bits per heavy atom. The molecule has 0 aliphatic carbocycles. The van der Waals surface area contributed by atoms with Gasteiger partial charge in [-0.1, -0.05) is 18.2 Å². The summed E-state index contributed by atoms with van der Waals surface area (Å²) in [4.78, 5) is 15.0. The van der Waals surface area contributed by atoms with Crippen LogP contribution in [0.4, 0.5) is 5.69 Å². The van der Waals surface area contributed by atoms with E-state index in [1.165, 1.54) is 6.07 Å². The molecule has 0 amide bonds. The highest BCUT2D eigenvalue weighted by Gasteiger charge is 2.17. The van der Waals surface area contributed by atoms with Crippen LogP contribution in [0.3, 0.4) is 0 Å². The van der Waals surface area contributed by atoms with Crippen LogP contribution in [-0.4, -0.2) is 53.0 Å². The van der Waals surface area contributed by atoms with Gasteiger partial charge in [-0.15, -0.1) is 0 Å². The van der Waals surface area contributed by atoms with Crippen LogP contribution in [0.1, 0.15) is 0 Å². The standard InChI is InChI=1S/C24H23N5O3/c1-31-23-17-19(27-13-15-32-16-14-27)7-8-20(23)28-12-10-22(30)24(26-28)21-9-11-25-29(21)18-5-3-2-4-6-18/h2-12,17H,13-16H2,1H3. The maximum Gasteiger partial charge on any atom is 0.209 e. The average molecular weight is 429 g/mol. The van der Waals surface area contributed by atoms with Crippen LogP contribution < -0.4 is 15.1 Å². The lowest BCUT2D eigenvalue weighted by atomic mass is 10.2. The summed E-state index contributed by atoms with van der Waals surface area (Å²) < 4.78 is 14.5. The first kappa shape index (κ1) is 20.0. The predicted molar refractivity (Wildman–Crippen MR) is 122 cm³/mol. The summed E-state index contributed by atoms with van der Waals surface area (Å²) in [7, 11) is 1.63. The Balaban J connectivity index is 1.55. The lowest BCUT2D eigenvalue weighted by Crippen LogP contribution is -2.36. The maximum absolute atomic E-state index is 12.7. The topological polar surface area (TPSA) is 74.4 Å². The maximum atomic E-state index is 12.7. The number of para-hydroxylation sites is 1. The molecule has 162 valence electrons. The molecular formula is C24H23N5O3. The van der Waals surface area contributed by atoms with E-state index in [2.05, 4.69) is 15.1 Å². The molecule has 8 heteroatoms. The largest absolute Gasteiger partial charge is 0.494 e. The molecule has 0 radical (unpaired) electrons. The fourth-order valence-corrected chi connectivity index (χ4v) is 3.85. The van der Waals surface area contributed by atoms with Gasteiger partial charge in [-0.3, -0.25) is 4.79 Å². The van der Waals surface area contributed by atoms with Crippen molar-refractivity contribution in [2.24, 2.45) is 0 Å². The number of hydrogen-bond acceptors (Lipinski definition) is 6. The van der Waals surface area contributed by atoms with Crippen LogP contribution in [0.15, 0.2) is 77.9 Å². The van der Waals surface area contributed by atoms with Crippen LogP contribution in [0, 0.1) is 0 Å². The van der Waals surface area contributed by atoms with Crippen LogP contribution in [-0.2, 0) is 4.74 Å². The Hall–Kier alpha value is -3.91. The van der Waals surface area contributed by atoms with Gasteiger partial charge in [0.05, 0.1) is 37.9 Å². The number of methoxy groups -OCH3 is 1. The van der Waals surface area contributed by atoms with Crippen molar-refractivity contribution in [3.63, 3.8) is 0 Å². The molecular weight excluding hydrogens is 406 g/mol. The van der Waals surface area contributed by atoms with Crippen LogP contribution in [0.5, 0.6) is 5.75 Å². The van der Waals surface area contributed by atoms with Gasteiger partial charge >= 0.3 is 0 Å². The number of hydrogen-bond donors (Lipinski definition) is 0. The zero-order chi connectivity index (χ0) is 21.9. The molecule has 0 N–H and O–H groups in total. The van der Waals surface area contributed by atoms with Crippen molar-refractivity contribution in [3.05, 3.63) is 83.3 Å². The van der Waals surface area contributed by atoms with Crippen LogP contribution in [0.25, 0.3) is 22.8 Å². The van der Waals surface area contributed by atoms with Gasteiger partial charge < -0.3 is 14.4 Å². The number of morpholine rings is 1. The molecule has 2 aromatic heterocycles. The third-order valence-electron chi connectivity index (χ3n) is 5.48. The Morgan fingerprint density at radius 2 is 1.78 bits per heavy atom. The molecule has 5 rings (SSSR count). The molecule has 0 atom stereocenters. The highest BCUT2D eigenvalue weighted by Crippen LogP contribution is 2.29. The van der Waals surface area contributed by atoms with Gasteiger partial charge in [0, 0.05) is 37.1 Å². The first-order chi connectivity index (χ1) is 15.7. The third kappa shape index (κ3) is 3.76. The van der Waals surface area contributed by atoms with Crippen molar-refractivity contribution in [2.45, 2.75) is 0 Å². The van der Waals surface area contributed by atoms with Crippen molar-refractivity contribution in [1.29, 1.82) is 0 Å². The van der Waals surface area contributed by atoms with Gasteiger partial charge in [-0.05, 0) is 30.3 Å². The minimum Gasteiger partial charge on any atom is -0.494 e. The zero-order valence-corrected chi connectivity index (χ0v) is 17.7. The van der Waals surface area contributed by atoms with Crippen molar-refractivity contribution >= 4 is 5.69 Å². The SMILES string of the molecule is COc1cc(N2CCOCC2)ccc1-n1ccc(=O)c(-c2ccnn2-c2ccccc2)n1. The summed E-state index contributed by atoms with van der Waals surface area (Å²) in [6.07, 6.45) is 3.32. The zero-order valence-electron chi connectivity index (χ0n) is 17.7. The number of rotatable bonds is 5. The first-order valence-electron chi connectivity index (χ1n) is 10.5. The second kappa shape index (κ2) is 8.68. The van der Waals surface area contributed by atoms with Gasteiger partial charge in [0.25, 0.3) is 0 Å². The molecule has 1 aliphatic rings. The molecule has 4 aromatic rings. The van der Waals surface area contributed by atoms with E-state index in [-0.39, 0.29) is 5.43 Å². The summed E-state index contributed by atoms with van der Waals surface area (Å²) in [5, 5.41) is 9.04. The lowest BCUT2D eigenvalue weighted by Gasteiger charge is -2.29. The molecule has 0 saturated carbocycles. The summed E-state index contributed by atoms with van der Waals surface area (Å²) in [6.45, 7) is 3.10. The van der Waals surface area contributed by atoms with E-state index in [1.807, 2.05) is 48.5 Å². The normalized spacial score (nSPS) is 13.8. The first-order valence-corrected chi connectivity index (χ1v) is 10.5. The molecule has 0 spiro atoms. The number of nitrogens with zero attached hydrogens (tertiary/aromatic N) is 5. The van der Waals surface area contributed by atoms with Gasteiger partial charge in [0.2, 0.25) is 5.43 Å². The number of anilines is 1. The fourth-order valence-electron chi connectivity index (χ4n) is 3.85. The van der Waals surface area contributed by atoms with E-state index in [0.29, 0.717) is 30.4 Å². The van der Waals surface area contributed by atoms with E-state index in [4.69, 9.17) is 9.47 Å². The molecule has 3 heterocycles. The highest BCUT2D eigenvalue weighted by atomic mass is 16.5. The monoisotopic (exact) mass is 429 g/mol. The second-order valence-corrected chi connectivity index (χ2v) is 7.39. The van der Waals surface area contributed by atoms with Gasteiger partial charge in [-0.25, -0.2) is 9.36 Å². The molecule has 1 aliphatic heterocycles. The number of aromatic nitrogens is 4. The van der Waals surface area contributed by atoms with E-state index < -0.39 is 0 Å². The molecule has 8 nitrogen and oxygen atoms in total. The van der Waals surface area contributed by atoms with Gasteiger partial charge in [0.15, 0.2) is 5.69 Å². The second-order valence-electron chi connectivity index (χ2n) is 7.39. The molecule has 1 saturated heterocycles. The summed E-state index contributed by atoms with van der Waals surface area (Å²) in [6, 6.07) is 19.0. The Labute approximate surface area is 185 Å². The molecule has 0 unspecified atom stereocenters. The third-order valence-corrected chi connectivity index (χ3v) is 5.48. The predicted octanol–water partition coefficient (Wildman–Crippen LogP) is 2.93. The van der Waals surface area contributed by atoms with E-state index in [1.54, 1.807) is 34.9 Å². The molecule has 0 bridgehead atoms. The Kier molecular flexibility index (Phi) is 5.43. The van der Waals surface area contributed by atoms with Gasteiger partial charge in [-0.2, -0.15) is 10.2 Å². The van der Waals surface area contributed by atoms with E-state index in [9.17, 15) is 4.79 Å². The average Bonchev–Trinajstić information content (AvgIpc) is 3.35. The minimum absolute atomic E-state index is 0.178. The summed E-state index contributed by atoms with van der Waals surface area (Å²) >= 11 is 0. The lowest BCUT2D eigenvalue weighted by molar-refractivity contribution is 0.122. The minimum atomic E-state index is -0.178. The van der Waals surface area contributed by atoms with Crippen LogP contribution in [0.2, 0.25) is 0 Å². The molecule has 2 aromatic carbocycles. The Bertz CT molecular complexity index is 1280. The summed E-state index contributed by atoms with van der Waals surface area (Å²) in [5.74, 6) is 0.674. The van der Waals surface area contributed by atoms with E-state index in [0.717, 1.165) is 30.2 Å². The van der Waals surface area contributed by atoms with Crippen molar-refractivity contribution in [3.8, 4) is 28.5 Å². The Morgan fingerprint density at radius 3 is 2.56 bits per heavy atom. The van der Waals surface area contributed by atoms with Crippen molar-refractivity contribution in [1.82, 2.24) is 19.6 Å². The molecule has 32 heavy (non-hydrogen) atoms. The number of ether oxygens (including phenoxy) is 2.